The highest BCUT2D eigenvalue weighted by Gasteiger charge is 2.38. The summed E-state index contributed by atoms with van der Waals surface area (Å²) in [6.07, 6.45) is -10.7. The second-order valence-corrected chi connectivity index (χ2v) is 9.78. The van der Waals surface area contributed by atoms with Crippen LogP contribution in [-0.4, -0.2) is 37.8 Å². The van der Waals surface area contributed by atoms with Crippen LogP contribution in [0.25, 0.3) is 0 Å². The normalized spacial score (nSPS) is 15.0. The van der Waals surface area contributed by atoms with E-state index in [0.29, 0.717) is 24.9 Å². The Morgan fingerprint density at radius 3 is 1.90 bits per heavy atom. The molecule has 2 aromatic heterocycles. The molecule has 1 aliphatic carbocycles. The summed E-state index contributed by atoms with van der Waals surface area (Å²) in [6.45, 7) is 1.25. The van der Waals surface area contributed by atoms with Gasteiger partial charge in [0.25, 0.3) is 5.95 Å². The highest BCUT2D eigenvalue weighted by atomic mass is 19.4. The van der Waals surface area contributed by atoms with E-state index in [1.807, 2.05) is 11.8 Å². The average Bonchev–Trinajstić information content (AvgIpc) is 3.55. The minimum atomic E-state index is -5.08. The first-order valence-corrected chi connectivity index (χ1v) is 12.7. The number of nitrogens with zero attached hydrogens (tertiary/aromatic N) is 7. The van der Waals surface area contributed by atoms with E-state index in [2.05, 4.69) is 20.4 Å². The van der Waals surface area contributed by atoms with Crippen LogP contribution in [0.5, 0.6) is 0 Å². The van der Waals surface area contributed by atoms with E-state index in [-0.39, 0.29) is 29.4 Å². The van der Waals surface area contributed by atoms with Crippen molar-refractivity contribution < 1.29 is 39.5 Å². The number of pyridine rings is 1. The zero-order valence-electron chi connectivity index (χ0n) is 21.9. The minimum Gasteiger partial charge on any atom is -0.354 e. The largest absolute Gasteiger partial charge is 0.417 e. The van der Waals surface area contributed by atoms with Crippen LogP contribution < -0.4 is 9.80 Å². The van der Waals surface area contributed by atoms with E-state index >= 15 is 0 Å². The number of anilines is 2. The fourth-order valence-electron chi connectivity index (χ4n) is 4.96. The summed E-state index contributed by atoms with van der Waals surface area (Å²) in [4.78, 5) is 8.19. The molecule has 0 unspecified atom stereocenters. The van der Waals surface area contributed by atoms with Gasteiger partial charge in [0, 0.05) is 37.4 Å². The van der Waals surface area contributed by atoms with Gasteiger partial charge in [-0.1, -0.05) is 17.9 Å². The number of hydrogen-bond donors (Lipinski definition) is 0. The Morgan fingerprint density at radius 2 is 1.41 bits per heavy atom. The van der Waals surface area contributed by atoms with Gasteiger partial charge >= 0.3 is 18.5 Å². The lowest BCUT2D eigenvalue weighted by Gasteiger charge is -2.32. The molecule has 0 aliphatic heterocycles. The van der Waals surface area contributed by atoms with Crippen molar-refractivity contribution in [2.75, 3.05) is 16.3 Å². The van der Waals surface area contributed by atoms with Crippen molar-refractivity contribution in [1.82, 2.24) is 25.2 Å². The summed E-state index contributed by atoms with van der Waals surface area (Å²) in [5, 5.41) is 11.5. The fourth-order valence-corrected chi connectivity index (χ4v) is 4.96. The Hall–Kier alpha value is -3.59. The molecular weight excluding hydrogens is 569 g/mol. The molecule has 0 N–H and O–H groups in total. The van der Waals surface area contributed by atoms with Crippen molar-refractivity contribution in [3.05, 3.63) is 58.3 Å². The van der Waals surface area contributed by atoms with E-state index < -0.39 is 53.9 Å². The van der Waals surface area contributed by atoms with Gasteiger partial charge in [0.15, 0.2) is 0 Å². The maximum Gasteiger partial charge on any atom is 0.417 e. The first-order chi connectivity index (χ1) is 19.1. The first-order valence-electron chi connectivity index (χ1n) is 12.7. The van der Waals surface area contributed by atoms with Crippen molar-refractivity contribution in [2.24, 2.45) is 7.05 Å². The van der Waals surface area contributed by atoms with Crippen LogP contribution >= 0.6 is 0 Å². The number of aromatic nitrogens is 5. The van der Waals surface area contributed by atoms with E-state index in [1.165, 1.54) is 11.9 Å². The van der Waals surface area contributed by atoms with Crippen molar-refractivity contribution in [1.29, 1.82) is 0 Å². The van der Waals surface area contributed by atoms with Crippen LogP contribution in [0.15, 0.2) is 30.5 Å². The molecule has 0 bridgehead atoms. The van der Waals surface area contributed by atoms with Gasteiger partial charge < -0.3 is 9.80 Å². The zero-order valence-corrected chi connectivity index (χ0v) is 21.9. The van der Waals surface area contributed by atoms with Crippen LogP contribution in [0.3, 0.4) is 0 Å². The molecule has 1 saturated carbocycles. The Morgan fingerprint density at radius 1 is 0.829 bits per heavy atom. The maximum atomic E-state index is 13.7. The second kappa shape index (κ2) is 11.4. The van der Waals surface area contributed by atoms with Gasteiger partial charge in [-0.15, -0.1) is 5.10 Å². The Kier molecular flexibility index (Phi) is 8.41. The number of aryl methyl sites for hydroxylation is 1. The summed E-state index contributed by atoms with van der Waals surface area (Å²) in [6, 6.07) is 2.02. The second-order valence-electron chi connectivity index (χ2n) is 9.78. The number of benzene rings is 1. The predicted octanol–water partition coefficient (Wildman–Crippen LogP) is 6.64. The van der Waals surface area contributed by atoms with E-state index in [0.717, 1.165) is 36.5 Å². The quantitative estimate of drug-likeness (QED) is 0.272. The predicted molar refractivity (Wildman–Crippen MR) is 130 cm³/mol. The number of rotatable bonds is 8. The lowest BCUT2D eigenvalue weighted by Crippen LogP contribution is -2.35. The molecule has 224 valence electrons. The number of alkyl halides is 9. The smallest absolute Gasteiger partial charge is 0.354 e. The van der Waals surface area contributed by atoms with Gasteiger partial charge in [0.1, 0.15) is 5.82 Å². The van der Waals surface area contributed by atoms with Gasteiger partial charge in [-0.3, -0.25) is 0 Å². The molecule has 0 radical (unpaired) electrons. The average molecular weight is 596 g/mol. The van der Waals surface area contributed by atoms with Gasteiger partial charge in [0.05, 0.1) is 23.7 Å². The number of tetrazole rings is 1. The fraction of sp³-hybridized carbons (Fsp3) is 0.520. The summed E-state index contributed by atoms with van der Waals surface area (Å²) in [5.41, 5.74) is -4.43. The van der Waals surface area contributed by atoms with Gasteiger partial charge in [-0.2, -0.15) is 44.3 Å². The lowest BCUT2D eigenvalue weighted by atomic mass is 10.0. The molecule has 3 aromatic rings. The molecule has 0 saturated heterocycles. The van der Waals surface area contributed by atoms with Crippen LogP contribution in [-0.2, 0) is 38.7 Å². The Bertz CT molecular complexity index is 1310. The standard InChI is InChI=1S/C25H26F9N7/c1-3-41(20-6-4-5-7-20)21-16(10-19(12-35-21)25(32,33)34)14-40(22-36-38-39(2)37-22)13-15-8-17(23(26,27)28)11-18(9-15)24(29,30)31/h8-12,20H,3-7,13-14H2,1-2H3. The highest BCUT2D eigenvalue weighted by molar-refractivity contribution is 5.52. The van der Waals surface area contributed by atoms with Crippen LogP contribution in [0.1, 0.15) is 60.4 Å². The van der Waals surface area contributed by atoms with Gasteiger partial charge in [-0.05, 0) is 54.8 Å². The van der Waals surface area contributed by atoms with E-state index in [1.54, 1.807) is 0 Å². The molecule has 1 fully saturated rings. The Labute approximate surface area is 228 Å². The number of halogens is 9. The third-order valence-corrected chi connectivity index (χ3v) is 6.81. The lowest BCUT2D eigenvalue weighted by molar-refractivity contribution is -0.143. The summed E-state index contributed by atoms with van der Waals surface area (Å²) in [5.74, 6) is 0.0343. The van der Waals surface area contributed by atoms with E-state index in [4.69, 9.17) is 0 Å². The molecular formula is C25H26F9N7. The van der Waals surface area contributed by atoms with Gasteiger partial charge in [-0.25, -0.2) is 4.98 Å². The van der Waals surface area contributed by atoms with E-state index in [9.17, 15) is 39.5 Å². The van der Waals surface area contributed by atoms with Crippen molar-refractivity contribution in [2.45, 2.75) is 70.3 Å². The molecule has 41 heavy (non-hydrogen) atoms. The molecule has 4 rings (SSSR count). The summed E-state index contributed by atoms with van der Waals surface area (Å²) < 4.78 is 122. The van der Waals surface area contributed by atoms with Crippen LogP contribution in [0.2, 0.25) is 0 Å². The molecule has 0 amide bonds. The number of hydrogen-bond acceptors (Lipinski definition) is 6. The molecule has 1 aliphatic rings. The zero-order chi connectivity index (χ0) is 30.2. The van der Waals surface area contributed by atoms with Crippen molar-refractivity contribution in [3.8, 4) is 0 Å². The maximum absolute atomic E-state index is 13.7. The topological polar surface area (TPSA) is 63.0 Å². The molecule has 1 aromatic carbocycles. The van der Waals surface area contributed by atoms with Crippen molar-refractivity contribution in [3.63, 3.8) is 0 Å². The van der Waals surface area contributed by atoms with Crippen LogP contribution in [0, 0.1) is 0 Å². The highest BCUT2D eigenvalue weighted by Crippen LogP contribution is 2.38. The molecule has 16 heteroatoms. The molecule has 7 nitrogen and oxygen atoms in total. The first kappa shape index (κ1) is 30.4. The summed E-state index contributed by atoms with van der Waals surface area (Å²) in [7, 11) is 1.39. The Balaban J connectivity index is 1.81. The molecule has 0 atom stereocenters. The van der Waals surface area contributed by atoms with Gasteiger partial charge in [0.2, 0.25) is 0 Å². The molecule has 2 heterocycles. The monoisotopic (exact) mass is 595 g/mol. The third-order valence-electron chi connectivity index (χ3n) is 6.81. The SMILES string of the molecule is CCN(c1ncc(C(F)(F)F)cc1CN(Cc1cc(C(F)(F)F)cc(C(F)(F)F)c1)c1nnn(C)n1)C1CCCC1. The molecule has 0 spiro atoms. The third kappa shape index (κ3) is 7.19. The van der Waals surface area contributed by atoms with Crippen molar-refractivity contribution >= 4 is 11.8 Å². The van der Waals surface area contributed by atoms with Crippen LogP contribution in [0.4, 0.5) is 51.3 Å². The summed E-state index contributed by atoms with van der Waals surface area (Å²) >= 11 is 0. The minimum absolute atomic E-state index is 0.00394.